The molecule has 0 amide bonds. The van der Waals surface area contributed by atoms with Crippen LogP contribution in [0.1, 0.15) is 30.2 Å². The van der Waals surface area contributed by atoms with Gasteiger partial charge in [0.1, 0.15) is 4.83 Å². The van der Waals surface area contributed by atoms with Crippen LogP contribution in [0.5, 0.6) is 0 Å². The first-order chi connectivity index (χ1) is 9.20. The number of hydrogen-bond acceptors (Lipinski definition) is 6. The summed E-state index contributed by atoms with van der Waals surface area (Å²) in [6.07, 6.45) is 4.87. The van der Waals surface area contributed by atoms with Gasteiger partial charge in [-0.05, 0) is 37.0 Å². The molecule has 0 saturated carbocycles. The number of aryl methyl sites for hydroxylation is 2. The maximum atomic E-state index is 5.98. The van der Waals surface area contributed by atoms with Gasteiger partial charge >= 0.3 is 0 Å². The minimum atomic E-state index is 0.834. The summed E-state index contributed by atoms with van der Waals surface area (Å²) in [4.78, 5) is 11.9. The number of aromatic nitrogens is 2. The molecule has 6 heteroatoms. The number of hydrazine groups is 1. The highest BCUT2D eigenvalue weighted by atomic mass is 32.2. The molecule has 4 nitrogen and oxygen atoms in total. The highest BCUT2D eigenvalue weighted by Crippen LogP contribution is 2.39. The SMILES string of the molecule is CCSc1nc(N(C)N)c2c3c(sc2n1)CCCC3. The molecule has 0 atom stereocenters. The van der Waals surface area contributed by atoms with Crippen molar-refractivity contribution in [2.24, 2.45) is 5.84 Å². The lowest BCUT2D eigenvalue weighted by atomic mass is 9.97. The summed E-state index contributed by atoms with van der Waals surface area (Å²) < 4.78 is 0. The van der Waals surface area contributed by atoms with Gasteiger partial charge in [0.15, 0.2) is 11.0 Å². The van der Waals surface area contributed by atoms with Crippen LogP contribution in [0.15, 0.2) is 5.16 Å². The Morgan fingerprint density at radius 3 is 2.84 bits per heavy atom. The number of thioether (sulfide) groups is 1. The summed E-state index contributed by atoms with van der Waals surface area (Å²) in [7, 11) is 1.86. The molecule has 0 unspecified atom stereocenters. The van der Waals surface area contributed by atoms with E-state index in [1.165, 1.54) is 35.1 Å². The number of rotatable bonds is 3. The molecule has 0 aliphatic heterocycles. The number of anilines is 1. The van der Waals surface area contributed by atoms with E-state index in [1.54, 1.807) is 16.8 Å². The number of nitrogens with two attached hydrogens (primary N) is 1. The topological polar surface area (TPSA) is 55.0 Å². The molecule has 1 aliphatic carbocycles. The van der Waals surface area contributed by atoms with Gasteiger partial charge in [0, 0.05) is 11.9 Å². The molecular formula is C13H18N4S2. The molecule has 2 aromatic rings. The fourth-order valence-electron chi connectivity index (χ4n) is 2.57. The summed E-state index contributed by atoms with van der Waals surface area (Å²) in [6.45, 7) is 2.11. The van der Waals surface area contributed by atoms with Crippen LogP contribution < -0.4 is 10.9 Å². The zero-order valence-electron chi connectivity index (χ0n) is 11.3. The van der Waals surface area contributed by atoms with Crippen molar-refractivity contribution in [2.45, 2.75) is 37.8 Å². The number of hydrogen-bond donors (Lipinski definition) is 1. The first-order valence-electron chi connectivity index (χ1n) is 6.64. The third-order valence-electron chi connectivity index (χ3n) is 3.38. The lowest BCUT2D eigenvalue weighted by Gasteiger charge is -2.16. The largest absolute Gasteiger partial charge is 0.297 e. The average Bonchev–Trinajstić information content (AvgIpc) is 2.76. The molecule has 0 saturated heterocycles. The van der Waals surface area contributed by atoms with Gasteiger partial charge in [0.2, 0.25) is 0 Å². The van der Waals surface area contributed by atoms with Crippen molar-refractivity contribution in [2.75, 3.05) is 17.8 Å². The van der Waals surface area contributed by atoms with Gasteiger partial charge in [-0.25, -0.2) is 15.8 Å². The Hall–Kier alpha value is -0.850. The maximum Gasteiger partial charge on any atom is 0.190 e. The van der Waals surface area contributed by atoms with Crippen molar-refractivity contribution < 1.29 is 0 Å². The molecule has 2 aromatic heterocycles. The van der Waals surface area contributed by atoms with Crippen LogP contribution in [0, 0.1) is 0 Å². The molecule has 0 spiro atoms. The standard InChI is InChI=1S/C13H18N4S2/c1-3-18-13-15-11(17(2)14)10-8-6-4-5-7-9(8)19-12(10)16-13/h3-7,14H2,1-2H3. The Balaban J connectivity index is 2.24. The van der Waals surface area contributed by atoms with Gasteiger partial charge in [-0.3, -0.25) is 5.01 Å². The maximum absolute atomic E-state index is 5.98. The van der Waals surface area contributed by atoms with Crippen LogP contribution in [0.25, 0.3) is 10.2 Å². The lowest BCUT2D eigenvalue weighted by molar-refractivity contribution is 0.700. The molecule has 2 heterocycles. The van der Waals surface area contributed by atoms with Crippen LogP contribution >= 0.6 is 23.1 Å². The lowest BCUT2D eigenvalue weighted by Crippen LogP contribution is -2.26. The normalized spacial score (nSPS) is 14.7. The summed E-state index contributed by atoms with van der Waals surface area (Å²) >= 11 is 3.49. The Morgan fingerprint density at radius 2 is 2.11 bits per heavy atom. The fraction of sp³-hybridized carbons (Fsp3) is 0.538. The fourth-order valence-corrected chi connectivity index (χ4v) is 4.45. The predicted molar refractivity (Wildman–Crippen MR) is 83.0 cm³/mol. The van der Waals surface area contributed by atoms with Gasteiger partial charge < -0.3 is 0 Å². The molecule has 0 aromatic carbocycles. The third-order valence-corrected chi connectivity index (χ3v) is 5.30. The van der Waals surface area contributed by atoms with Crippen molar-refractivity contribution in [3.05, 3.63) is 10.4 Å². The molecule has 0 fully saturated rings. The summed E-state index contributed by atoms with van der Waals surface area (Å²) in [5.41, 5.74) is 1.44. The smallest absolute Gasteiger partial charge is 0.190 e. The van der Waals surface area contributed by atoms with Crippen LogP contribution in [0.2, 0.25) is 0 Å². The zero-order valence-corrected chi connectivity index (χ0v) is 12.9. The van der Waals surface area contributed by atoms with Crippen LogP contribution in [0.3, 0.4) is 0 Å². The second-order valence-electron chi connectivity index (χ2n) is 4.76. The van der Waals surface area contributed by atoms with Gasteiger partial charge in [0.25, 0.3) is 0 Å². The predicted octanol–water partition coefficient (Wildman–Crippen LogP) is 2.99. The van der Waals surface area contributed by atoms with Crippen molar-refractivity contribution in [3.8, 4) is 0 Å². The Bertz CT molecular complexity index is 606. The van der Waals surface area contributed by atoms with Crippen LogP contribution in [-0.4, -0.2) is 22.8 Å². The van der Waals surface area contributed by atoms with E-state index < -0.39 is 0 Å². The van der Waals surface area contributed by atoms with Crippen molar-refractivity contribution >= 4 is 39.1 Å². The van der Waals surface area contributed by atoms with E-state index in [0.717, 1.165) is 28.0 Å². The monoisotopic (exact) mass is 294 g/mol. The van der Waals surface area contributed by atoms with E-state index >= 15 is 0 Å². The number of thiophene rings is 1. The molecule has 3 rings (SSSR count). The molecule has 102 valence electrons. The molecule has 19 heavy (non-hydrogen) atoms. The first-order valence-corrected chi connectivity index (χ1v) is 8.44. The Kier molecular flexibility index (Phi) is 3.64. The molecule has 2 N–H and O–H groups in total. The summed E-state index contributed by atoms with van der Waals surface area (Å²) in [5, 5.41) is 3.65. The zero-order chi connectivity index (χ0) is 13.4. The second kappa shape index (κ2) is 5.26. The molecule has 0 bridgehead atoms. The van der Waals surface area contributed by atoms with Gasteiger partial charge in [-0.15, -0.1) is 11.3 Å². The van der Waals surface area contributed by atoms with E-state index in [2.05, 4.69) is 11.9 Å². The average molecular weight is 294 g/mol. The molecule has 1 aliphatic rings. The van der Waals surface area contributed by atoms with Crippen molar-refractivity contribution in [1.29, 1.82) is 0 Å². The van der Waals surface area contributed by atoms with Gasteiger partial charge in [-0.2, -0.15) is 0 Å². The van der Waals surface area contributed by atoms with Crippen molar-refractivity contribution in [1.82, 2.24) is 9.97 Å². The van der Waals surface area contributed by atoms with Crippen molar-refractivity contribution in [3.63, 3.8) is 0 Å². The molecular weight excluding hydrogens is 276 g/mol. The minimum Gasteiger partial charge on any atom is -0.297 e. The van der Waals surface area contributed by atoms with E-state index in [4.69, 9.17) is 10.8 Å². The Labute approximate surface area is 121 Å². The first kappa shape index (κ1) is 13.1. The highest BCUT2D eigenvalue weighted by molar-refractivity contribution is 7.99. The molecule has 0 radical (unpaired) electrons. The summed E-state index contributed by atoms with van der Waals surface area (Å²) in [5.74, 6) is 7.83. The number of nitrogens with zero attached hydrogens (tertiary/aromatic N) is 3. The van der Waals surface area contributed by atoms with E-state index in [9.17, 15) is 0 Å². The van der Waals surface area contributed by atoms with Gasteiger partial charge in [-0.1, -0.05) is 18.7 Å². The number of fused-ring (bicyclic) bond motifs is 3. The minimum absolute atomic E-state index is 0.834. The van der Waals surface area contributed by atoms with Crippen LogP contribution in [0.4, 0.5) is 5.82 Å². The Morgan fingerprint density at radius 1 is 1.32 bits per heavy atom. The highest BCUT2D eigenvalue weighted by Gasteiger charge is 2.22. The third kappa shape index (κ3) is 2.32. The second-order valence-corrected chi connectivity index (χ2v) is 7.08. The van der Waals surface area contributed by atoms with Gasteiger partial charge in [0.05, 0.1) is 5.39 Å². The van der Waals surface area contributed by atoms with Crippen LogP contribution in [-0.2, 0) is 12.8 Å². The van der Waals surface area contributed by atoms with E-state index in [0.29, 0.717) is 0 Å². The van der Waals surface area contributed by atoms with E-state index in [1.807, 2.05) is 18.4 Å². The van der Waals surface area contributed by atoms with E-state index in [-0.39, 0.29) is 0 Å². The summed E-state index contributed by atoms with van der Waals surface area (Å²) in [6, 6.07) is 0. The quantitative estimate of drug-likeness (QED) is 0.408.